The first kappa shape index (κ1) is 14.3. The van der Waals surface area contributed by atoms with Gasteiger partial charge in [-0.3, -0.25) is 0 Å². The lowest BCUT2D eigenvalue weighted by Gasteiger charge is -2.10. The number of hydrogen-bond acceptors (Lipinski definition) is 4. The summed E-state index contributed by atoms with van der Waals surface area (Å²) in [6.07, 6.45) is -0.720. The lowest BCUT2D eigenvalue weighted by molar-refractivity contribution is -0.105. The van der Waals surface area contributed by atoms with E-state index in [1.807, 2.05) is 0 Å². The first-order valence-corrected chi connectivity index (χ1v) is 7.28. The summed E-state index contributed by atoms with van der Waals surface area (Å²) in [5.41, 5.74) is 7.52. The molecule has 3 nitrogen and oxygen atoms in total. The maximum atomic E-state index is 12.5. The Balaban J connectivity index is 2.19. The highest BCUT2D eigenvalue weighted by atomic mass is 32.2. The predicted molar refractivity (Wildman–Crippen MR) is 75.5 cm³/mol. The van der Waals surface area contributed by atoms with Crippen LogP contribution in [0.1, 0.15) is 5.56 Å². The largest absolute Gasteiger partial charge is 0.464 e. The zero-order chi connectivity index (χ0) is 15.0. The van der Waals surface area contributed by atoms with Gasteiger partial charge in [-0.15, -0.1) is 11.8 Å². The molecule has 0 aliphatic rings. The molecule has 0 fully saturated rings. The van der Waals surface area contributed by atoms with Crippen molar-refractivity contribution in [3.8, 4) is 0 Å². The third kappa shape index (κ3) is 2.63. The van der Waals surface area contributed by atoms with Crippen LogP contribution in [0.15, 0.2) is 38.4 Å². The molecule has 0 unspecified atom stereocenters. The molecule has 21 heavy (non-hydrogen) atoms. The number of rotatable bonds is 4. The molecule has 3 rings (SSSR count). The molecule has 2 N–H and O–H groups in total. The molecule has 0 amide bonds. The maximum absolute atomic E-state index is 12.5. The van der Waals surface area contributed by atoms with Crippen molar-refractivity contribution in [1.29, 1.82) is 0 Å². The van der Waals surface area contributed by atoms with E-state index in [1.54, 1.807) is 12.1 Å². The molecule has 112 valence electrons. The van der Waals surface area contributed by atoms with Gasteiger partial charge in [0.15, 0.2) is 0 Å². The molecule has 0 aliphatic carbocycles. The van der Waals surface area contributed by atoms with Crippen LogP contribution in [-0.2, 0) is 6.42 Å². The first-order chi connectivity index (χ1) is 10.0. The number of furan rings is 2. The fraction of sp³-hybridized carbons (Fsp3) is 0.286. The van der Waals surface area contributed by atoms with Crippen LogP contribution in [0.25, 0.3) is 21.9 Å². The van der Waals surface area contributed by atoms with Gasteiger partial charge in [0, 0.05) is 16.3 Å². The van der Waals surface area contributed by atoms with Crippen molar-refractivity contribution in [3.63, 3.8) is 0 Å². The Morgan fingerprint density at radius 3 is 2.38 bits per heavy atom. The summed E-state index contributed by atoms with van der Waals surface area (Å²) in [4.78, 5) is 0.455. The number of alkyl halides is 3. The van der Waals surface area contributed by atoms with Crippen LogP contribution in [0.2, 0.25) is 0 Å². The summed E-state index contributed by atoms with van der Waals surface area (Å²) in [5, 5.41) is 1.39. The van der Waals surface area contributed by atoms with Crippen LogP contribution in [0.4, 0.5) is 13.2 Å². The molecule has 2 heterocycles. The van der Waals surface area contributed by atoms with E-state index in [-0.39, 0.29) is 0 Å². The Bertz CT molecular complexity index is 724. The molecular formula is C14H12F3NO2S. The minimum absolute atomic E-state index is 0.422. The average Bonchev–Trinajstić information content (AvgIpc) is 3.04. The lowest BCUT2D eigenvalue weighted by Crippen LogP contribution is -2.10. The van der Waals surface area contributed by atoms with Crippen molar-refractivity contribution in [3.05, 3.63) is 30.2 Å². The average molecular weight is 315 g/mol. The quantitative estimate of drug-likeness (QED) is 0.728. The fourth-order valence-electron chi connectivity index (χ4n) is 2.38. The van der Waals surface area contributed by atoms with Gasteiger partial charge in [0.2, 0.25) is 0 Å². The van der Waals surface area contributed by atoms with E-state index in [1.165, 1.54) is 12.5 Å². The van der Waals surface area contributed by atoms with Crippen LogP contribution >= 0.6 is 11.8 Å². The van der Waals surface area contributed by atoms with E-state index in [0.29, 0.717) is 46.2 Å². The summed E-state index contributed by atoms with van der Waals surface area (Å²) in [6, 6.07) is 3.40. The topological polar surface area (TPSA) is 52.3 Å². The molecule has 0 bridgehead atoms. The van der Waals surface area contributed by atoms with Gasteiger partial charge in [-0.2, -0.15) is 13.2 Å². The second kappa shape index (κ2) is 5.31. The van der Waals surface area contributed by atoms with Crippen molar-refractivity contribution >= 4 is 33.7 Å². The third-order valence-corrected chi connectivity index (χ3v) is 4.32. The Kier molecular flexibility index (Phi) is 3.62. The summed E-state index contributed by atoms with van der Waals surface area (Å²) >= 11 is 0.712. The number of nitrogens with two attached hydrogens (primary N) is 1. The minimum atomic E-state index is -4.24. The molecule has 1 aromatic carbocycles. The van der Waals surface area contributed by atoms with Gasteiger partial charge in [-0.05, 0) is 25.1 Å². The second-order valence-corrected chi connectivity index (χ2v) is 5.56. The molecule has 7 heteroatoms. The first-order valence-electron chi connectivity index (χ1n) is 6.30. The summed E-state index contributed by atoms with van der Waals surface area (Å²) in [6.45, 7) is 0.422. The fourth-order valence-corrected chi connectivity index (χ4v) is 3.29. The van der Waals surface area contributed by atoms with Gasteiger partial charge >= 0.3 is 6.18 Å². The van der Waals surface area contributed by atoms with E-state index in [9.17, 15) is 13.2 Å². The number of fused-ring (bicyclic) bond motifs is 2. The number of halogens is 3. The molecule has 0 radical (unpaired) electrons. The molecule has 2 aromatic heterocycles. The normalized spacial score (nSPS) is 12.6. The van der Waals surface area contributed by atoms with Gasteiger partial charge in [-0.1, -0.05) is 0 Å². The number of hydrogen-bond donors (Lipinski definition) is 1. The molecular weight excluding hydrogens is 303 g/mol. The van der Waals surface area contributed by atoms with Crippen molar-refractivity contribution in [2.45, 2.75) is 17.5 Å². The molecule has 3 aromatic rings. The standard InChI is InChI=1S/C14H12F3NO2S/c15-14(16,17)7-21-13-10-3-6-19-11(10)8(1-4-18)9-2-5-20-12(9)13/h2-3,5-6H,1,4,7,18H2. The third-order valence-electron chi connectivity index (χ3n) is 3.16. The Hall–Kier alpha value is -1.60. The van der Waals surface area contributed by atoms with E-state index in [4.69, 9.17) is 14.6 Å². The van der Waals surface area contributed by atoms with Crippen molar-refractivity contribution in [2.24, 2.45) is 5.73 Å². The van der Waals surface area contributed by atoms with E-state index in [2.05, 4.69) is 0 Å². The molecule has 0 saturated carbocycles. The van der Waals surface area contributed by atoms with Crippen molar-refractivity contribution in [1.82, 2.24) is 0 Å². The molecule has 0 atom stereocenters. The summed E-state index contributed by atoms with van der Waals surface area (Å²) < 4.78 is 48.4. The highest BCUT2D eigenvalue weighted by Gasteiger charge is 2.29. The minimum Gasteiger partial charge on any atom is -0.464 e. The number of thioether (sulfide) groups is 1. The van der Waals surface area contributed by atoms with E-state index >= 15 is 0 Å². The Labute approximate surface area is 122 Å². The smallest absolute Gasteiger partial charge is 0.398 e. The summed E-state index contributed by atoms with van der Waals surface area (Å²) in [5.74, 6) is -0.973. The Morgan fingerprint density at radius 1 is 1.05 bits per heavy atom. The molecule has 0 aliphatic heterocycles. The van der Waals surface area contributed by atoms with Crippen LogP contribution in [-0.4, -0.2) is 18.5 Å². The highest BCUT2D eigenvalue weighted by Crippen LogP contribution is 2.41. The highest BCUT2D eigenvalue weighted by molar-refractivity contribution is 7.99. The van der Waals surface area contributed by atoms with Gasteiger partial charge in [0.05, 0.1) is 23.2 Å². The second-order valence-electron chi connectivity index (χ2n) is 4.58. The van der Waals surface area contributed by atoms with Gasteiger partial charge in [0.1, 0.15) is 11.2 Å². The van der Waals surface area contributed by atoms with Crippen LogP contribution < -0.4 is 5.73 Å². The van der Waals surface area contributed by atoms with Gasteiger partial charge < -0.3 is 14.6 Å². The van der Waals surface area contributed by atoms with Crippen LogP contribution in [0, 0.1) is 0 Å². The molecule has 0 spiro atoms. The van der Waals surface area contributed by atoms with Crippen LogP contribution in [0.5, 0.6) is 0 Å². The van der Waals surface area contributed by atoms with Crippen molar-refractivity contribution in [2.75, 3.05) is 12.3 Å². The zero-order valence-electron chi connectivity index (χ0n) is 10.9. The zero-order valence-corrected chi connectivity index (χ0v) is 11.7. The van der Waals surface area contributed by atoms with Gasteiger partial charge in [0.25, 0.3) is 0 Å². The van der Waals surface area contributed by atoms with E-state index in [0.717, 1.165) is 10.9 Å². The van der Waals surface area contributed by atoms with Crippen LogP contribution in [0.3, 0.4) is 0 Å². The maximum Gasteiger partial charge on any atom is 0.398 e. The predicted octanol–water partition coefficient (Wildman–Crippen LogP) is 4.33. The molecule has 0 saturated heterocycles. The van der Waals surface area contributed by atoms with E-state index < -0.39 is 11.9 Å². The monoisotopic (exact) mass is 315 g/mol. The number of benzene rings is 1. The van der Waals surface area contributed by atoms with Gasteiger partial charge in [-0.25, -0.2) is 0 Å². The Morgan fingerprint density at radius 2 is 1.71 bits per heavy atom. The lowest BCUT2D eigenvalue weighted by atomic mass is 10.0. The SMILES string of the molecule is NCCc1c2ccoc2c(SCC(F)(F)F)c2ccoc12. The summed E-state index contributed by atoms with van der Waals surface area (Å²) in [7, 11) is 0. The van der Waals surface area contributed by atoms with Crippen molar-refractivity contribution < 1.29 is 22.0 Å².